The number of methoxy groups -OCH3 is 1. The molecule has 0 atom stereocenters. The first-order valence-electron chi connectivity index (χ1n) is 7.57. The average molecular weight is 317 g/mol. The summed E-state index contributed by atoms with van der Waals surface area (Å²) in [7, 11) is 3.46. The summed E-state index contributed by atoms with van der Waals surface area (Å²) in [4.78, 5) is 21.7. The topological polar surface area (TPSA) is 57.0 Å². The zero-order chi connectivity index (χ0) is 16.7. The van der Waals surface area contributed by atoms with E-state index in [1.807, 2.05) is 60.1 Å². The normalized spacial score (nSPS) is 11.1. The number of rotatable bonds is 3. The van der Waals surface area contributed by atoms with E-state index in [0.717, 1.165) is 27.7 Å². The minimum atomic E-state index is -0.147. The predicted molar refractivity (Wildman–Crippen MR) is 92.4 cm³/mol. The number of imidazole rings is 1. The zero-order valence-corrected chi connectivity index (χ0v) is 13.4. The number of ketones is 1. The Labute approximate surface area is 138 Å². The van der Waals surface area contributed by atoms with E-state index in [1.165, 1.54) is 0 Å². The quantitative estimate of drug-likeness (QED) is 0.544. The summed E-state index contributed by atoms with van der Waals surface area (Å²) in [5.74, 6) is 0.989. The molecular weight excluding hydrogens is 302 g/mol. The second-order valence-corrected chi connectivity index (χ2v) is 5.59. The fraction of sp³-hybridized carbons (Fsp3) is 0.105. The molecule has 118 valence electrons. The van der Waals surface area contributed by atoms with Crippen molar-refractivity contribution in [3.8, 4) is 5.75 Å². The van der Waals surface area contributed by atoms with Gasteiger partial charge in [-0.15, -0.1) is 0 Å². The molecule has 2 aromatic heterocycles. The molecule has 0 fully saturated rings. The number of pyridine rings is 1. The van der Waals surface area contributed by atoms with Crippen LogP contribution in [0.2, 0.25) is 0 Å². The van der Waals surface area contributed by atoms with Crippen LogP contribution in [0.4, 0.5) is 0 Å². The van der Waals surface area contributed by atoms with Crippen molar-refractivity contribution in [1.82, 2.24) is 14.5 Å². The number of aryl methyl sites for hydroxylation is 1. The van der Waals surface area contributed by atoms with E-state index in [-0.39, 0.29) is 5.78 Å². The van der Waals surface area contributed by atoms with Crippen LogP contribution >= 0.6 is 0 Å². The van der Waals surface area contributed by atoms with Gasteiger partial charge in [-0.1, -0.05) is 12.1 Å². The van der Waals surface area contributed by atoms with E-state index < -0.39 is 0 Å². The maximum absolute atomic E-state index is 12.9. The first-order chi connectivity index (χ1) is 11.7. The summed E-state index contributed by atoms with van der Waals surface area (Å²) >= 11 is 0. The Bertz CT molecular complexity index is 1080. The molecule has 0 N–H and O–H groups in total. The first kappa shape index (κ1) is 14.4. The number of fused-ring (bicyclic) bond motifs is 2. The second-order valence-electron chi connectivity index (χ2n) is 5.59. The molecule has 0 spiro atoms. The molecule has 0 saturated heterocycles. The van der Waals surface area contributed by atoms with E-state index in [1.54, 1.807) is 13.3 Å². The number of hydrogen-bond donors (Lipinski definition) is 0. The molecule has 4 rings (SSSR count). The summed E-state index contributed by atoms with van der Waals surface area (Å²) in [6, 6.07) is 15.1. The van der Waals surface area contributed by atoms with Crippen molar-refractivity contribution in [2.24, 2.45) is 7.05 Å². The molecule has 5 nitrogen and oxygen atoms in total. The lowest BCUT2D eigenvalue weighted by atomic mass is 10.1. The van der Waals surface area contributed by atoms with E-state index in [0.29, 0.717) is 11.4 Å². The number of benzene rings is 2. The maximum Gasteiger partial charge on any atom is 0.230 e. The fourth-order valence-electron chi connectivity index (χ4n) is 2.84. The smallest absolute Gasteiger partial charge is 0.230 e. The highest BCUT2D eigenvalue weighted by Gasteiger charge is 2.18. The molecule has 0 bridgehead atoms. The van der Waals surface area contributed by atoms with Crippen LogP contribution in [0.1, 0.15) is 16.2 Å². The number of para-hydroxylation sites is 2. The van der Waals surface area contributed by atoms with Gasteiger partial charge >= 0.3 is 0 Å². The van der Waals surface area contributed by atoms with Gasteiger partial charge in [-0.3, -0.25) is 9.78 Å². The molecule has 0 aliphatic carbocycles. The van der Waals surface area contributed by atoms with Crippen molar-refractivity contribution < 1.29 is 9.53 Å². The van der Waals surface area contributed by atoms with E-state index in [2.05, 4.69) is 9.97 Å². The Morgan fingerprint density at radius 1 is 1.08 bits per heavy atom. The van der Waals surface area contributed by atoms with Crippen LogP contribution < -0.4 is 4.74 Å². The summed E-state index contributed by atoms with van der Waals surface area (Å²) in [5, 5.41) is 0.860. The van der Waals surface area contributed by atoms with Gasteiger partial charge in [-0.25, -0.2) is 4.98 Å². The minimum absolute atomic E-state index is 0.147. The summed E-state index contributed by atoms with van der Waals surface area (Å²) in [6.45, 7) is 0. The third kappa shape index (κ3) is 2.22. The van der Waals surface area contributed by atoms with Gasteiger partial charge in [0.25, 0.3) is 0 Å². The van der Waals surface area contributed by atoms with E-state index >= 15 is 0 Å². The molecule has 0 aliphatic heterocycles. The summed E-state index contributed by atoms with van der Waals surface area (Å²) in [6.07, 6.45) is 1.59. The Kier molecular flexibility index (Phi) is 3.27. The molecule has 24 heavy (non-hydrogen) atoms. The SMILES string of the molecule is COc1ccc2ncc(C(=O)c3nc4ccccc4n3C)cc2c1. The van der Waals surface area contributed by atoms with Crippen LogP contribution in [0, 0.1) is 0 Å². The fourth-order valence-corrected chi connectivity index (χ4v) is 2.84. The van der Waals surface area contributed by atoms with Crippen LogP contribution in [-0.2, 0) is 7.05 Å². The van der Waals surface area contributed by atoms with Crippen LogP contribution in [0.15, 0.2) is 54.7 Å². The number of aromatic nitrogens is 3. The Balaban J connectivity index is 1.83. The lowest BCUT2D eigenvalue weighted by Gasteiger charge is -2.05. The molecule has 0 saturated carbocycles. The molecule has 2 aromatic carbocycles. The molecule has 0 unspecified atom stereocenters. The van der Waals surface area contributed by atoms with Gasteiger partial charge in [-0.2, -0.15) is 0 Å². The first-order valence-corrected chi connectivity index (χ1v) is 7.57. The van der Waals surface area contributed by atoms with Crippen molar-refractivity contribution in [2.75, 3.05) is 7.11 Å². The number of ether oxygens (including phenoxy) is 1. The molecule has 4 aromatic rings. The largest absolute Gasteiger partial charge is 0.497 e. The highest BCUT2D eigenvalue weighted by atomic mass is 16.5. The minimum Gasteiger partial charge on any atom is -0.497 e. The highest BCUT2D eigenvalue weighted by molar-refractivity contribution is 6.09. The van der Waals surface area contributed by atoms with Gasteiger partial charge in [-0.05, 0) is 36.4 Å². The van der Waals surface area contributed by atoms with E-state index in [9.17, 15) is 4.79 Å². The van der Waals surface area contributed by atoms with Crippen molar-refractivity contribution in [2.45, 2.75) is 0 Å². The van der Waals surface area contributed by atoms with Crippen LogP contribution in [0.25, 0.3) is 21.9 Å². The van der Waals surface area contributed by atoms with Gasteiger partial charge in [0.1, 0.15) is 5.75 Å². The van der Waals surface area contributed by atoms with Gasteiger partial charge < -0.3 is 9.30 Å². The molecule has 0 radical (unpaired) electrons. The van der Waals surface area contributed by atoms with Crippen molar-refractivity contribution in [3.63, 3.8) is 0 Å². The second kappa shape index (κ2) is 5.45. The number of carbonyl (C=O) groups excluding carboxylic acids is 1. The lowest BCUT2D eigenvalue weighted by molar-refractivity contribution is 0.102. The van der Waals surface area contributed by atoms with Gasteiger partial charge in [0.05, 0.1) is 23.7 Å². The van der Waals surface area contributed by atoms with Gasteiger partial charge in [0.15, 0.2) is 5.82 Å². The number of nitrogens with zero attached hydrogens (tertiary/aromatic N) is 3. The van der Waals surface area contributed by atoms with Crippen molar-refractivity contribution in [1.29, 1.82) is 0 Å². The summed E-state index contributed by atoms with van der Waals surface area (Å²) < 4.78 is 7.05. The highest BCUT2D eigenvalue weighted by Crippen LogP contribution is 2.22. The Hall–Kier alpha value is -3.21. The van der Waals surface area contributed by atoms with Crippen LogP contribution in [0.5, 0.6) is 5.75 Å². The third-order valence-electron chi connectivity index (χ3n) is 4.14. The summed E-state index contributed by atoms with van der Waals surface area (Å²) in [5.41, 5.74) is 3.06. The average Bonchev–Trinajstić information content (AvgIpc) is 2.97. The number of hydrogen-bond acceptors (Lipinski definition) is 4. The maximum atomic E-state index is 12.9. The molecular formula is C19H15N3O2. The molecule has 2 heterocycles. The monoisotopic (exact) mass is 317 g/mol. The Morgan fingerprint density at radius 2 is 1.92 bits per heavy atom. The predicted octanol–water partition coefficient (Wildman–Crippen LogP) is 3.36. The van der Waals surface area contributed by atoms with Crippen molar-refractivity contribution >= 4 is 27.7 Å². The lowest BCUT2D eigenvalue weighted by Crippen LogP contribution is -2.09. The van der Waals surface area contributed by atoms with Gasteiger partial charge in [0, 0.05) is 24.2 Å². The van der Waals surface area contributed by atoms with Crippen LogP contribution in [-0.4, -0.2) is 27.4 Å². The zero-order valence-electron chi connectivity index (χ0n) is 13.4. The van der Waals surface area contributed by atoms with Crippen molar-refractivity contribution in [3.05, 3.63) is 66.1 Å². The number of carbonyl (C=O) groups is 1. The third-order valence-corrected chi connectivity index (χ3v) is 4.14. The standard InChI is InChI=1S/C19H15N3O2/c1-22-17-6-4-3-5-16(17)21-19(22)18(23)13-9-12-10-14(24-2)7-8-15(12)20-11-13/h3-11H,1-2H3. The Morgan fingerprint density at radius 3 is 2.71 bits per heavy atom. The van der Waals surface area contributed by atoms with E-state index in [4.69, 9.17) is 4.74 Å². The molecule has 0 amide bonds. The van der Waals surface area contributed by atoms with Gasteiger partial charge in [0.2, 0.25) is 5.78 Å². The molecule has 5 heteroatoms. The molecule has 0 aliphatic rings. The van der Waals surface area contributed by atoms with Crippen LogP contribution in [0.3, 0.4) is 0 Å².